The first-order valence-electron chi connectivity index (χ1n) is 8.62. The van der Waals surface area contributed by atoms with Crippen LogP contribution in [0.5, 0.6) is 0 Å². The molecule has 1 aliphatic heterocycles. The van der Waals surface area contributed by atoms with Crippen LogP contribution in [0.3, 0.4) is 0 Å². The Morgan fingerprint density at radius 1 is 1.27 bits per heavy atom. The number of nitrogens with zero attached hydrogens (tertiary/aromatic N) is 5. The molecule has 2 aromatic heterocycles. The summed E-state index contributed by atoms with van der Waals surface area (Å²) in [7, 11) is 1.81. The van der Waals surface area contributed by atoms with Crippen molar-refractivity contribution in [1.29, 1.82) is 0 Å². The maximum atomic E-state index is 13.0. The standard InChI is InChI=1S/C17H24N6O2S/c1-17(2,26(25)15-5-9-20-22(15)3)13-6-10-23(11-7-13)16(24)21-14-4-8-18-19-12-14/h4-5,8-9,12-13H,6-7,10-11H2,1-3H3,(H,18,21,24). The van der Waals surface area contributed by atoms with Crippen LogP contribution >= 0.6 is 0 Å². The maximum Gasteiger partial charge on any atom is 0.321 e. The zero-order valence-electron chi connectivity index (χ0n) is 15.3. The highest BCUT2D eigenvalue weighted by atomic mass is 32.2. The van der Waals surface area contributed by atoms with Gasteiger partial charge >= 0.3 is 6.03 Å². The summed E-state index contributed by atoms with van der Waals surface area (Å²) >= 11 is -1.16. The molecule has 0 spiro atoms. The summed E-state index contributed by atoms with van der Waals surface area (Å²) in [6.07, 6.45) is 6.37. The number of rotatable bonds is 4. The van der Waals surface area contributed by atoms with Crippen LogP contribution < -0.4 is 5.32 Å². The molecule has 2 aromatic rings. The number of carbonyl (C=O) groups is 1. The van der Waals surface area contributed by atoms with Gasteiger partial charge in [0.25, 0.3) is 0 Å². The number of hydrogen-bond donors (Lipinski definition) is 1. The van der Waals surface area contributed by atoms with E-state index in [-0.39, 0.29) is 16.7 Å². The fraction of sp³-hybridized carbons (Fsp3) is 0.529. The second-order valence-electron chi connectivity index (χ2n) is 6.99. The lowest BCUT2D eigenvalue weighted by Crippen LogP contribution is -2.48. The van der Waals surface area contributed by atoms with E-state index in [2.05, 4.69) is 20.6 Å². The van der Waals surface area contributed by atoms with E-state index in [1.54, 1.807) is 21.8 Å². The van der Waals surface area contributed by atoms with Crippen molar-refractivity contribution in [2.45, 2.75) is 36.5 Å². The van der Waals surface area contributed by atoms with Gasteiger partial charge < -0.3 is 14.8 Å². The number of aromatic nitrogens is 4. The molecular formula is C17H24N6O2S. The number of piperidine rings is 1. The van der Waals surface area contributed by atoms with Gasteiger partial charge in [-0.1, -0.05) is 0 Å². The van der Waals surface area contributed by atoms with E-state index in [0.717, 1.165) is 17.9 Å². The molecule has 0 aliphatic carbocycles. The Bertz CT molecular complexity index is 743. The number of urea groups is 1. The number of anilines is 1. The van der Waals surface area contributed by atoms with E-state index in [1.165, 1.54) is 12.4 Å². The van der Waals surface area contributed by atoms with Gasteiger partial charge in [0.05, 0.1) is 24.3 Å². The van der Waals surface area contributed by atoms with Crippen LogP contribution in [0, 0.1) is 5.92 Å². The van der Waals surface area contributed by atoms with Gasteiger partial charge in [0.2, 0.25) is 5.03 Å². The summed E-state index contributed by atoms with van der Waals surface area (Å²) < 4.78 is 14.3. The second kappa shape index (κ2) is 7.63. The van der Waals surface area contributed by atoms with Crippen LogP contribution in [0.2, 0.25) is 0 Å². The summed E-state index contributed by atoms with van der Waals surface area (Å²) in [4.78, 5) is 14.2. The number of carbonyl (C=O) groups excluding carboxylic acids is 1. The molecule has 2 amide bonds. The van der Waals surface area contributed by atoms with E-state index in [1.807, 2.05) is 27.0 Å². The topological polar surface area (TPSA) is 99.0 Å². The first-order valence-corrected chi connectivity index (χ1v) is 9.77. The molecule has 26 heavy (non-hydrogen) atoms. The van der Waals surface area contributed by atoms with Crippen LogP contribution in [0.25, 0.3) is 0 Å². The molecule has 1 atom stereocenters. The number of hydrogen-bond acceptors (Lipinski definition) is 5. The SMILES string of the molecule is Cn1nccc1[S+]([O-])C(C)(C)C1CCN(C(=O)Nc2ccnnc2)CC1. The number of nitrogens with one attached hydrogen (secondary N) is 1. The van der Waals surface area contributed by atoms with E-state index in [0.29, 0.717) is 18.8 Å². The first kappa shape index (κ1) is 18.7. The first-order chi connectivity index (χ1) is 12.4. The third-order valence-corrected chi connectivity index (χ3v) is 7.11. The lowest BCUT2D eigenvalue weighted by Gasteiger charge is -2.40. The molecule has 3 heterocycles. The third kappa shape index (κ3) is 3.83. The summed E-state index contributed by atoms with van der Waals surface area (Å²) in [6.45, 7) is 5.36. The Morgan fingerprint density at radius 3 is 2.58 bits per heavy atom. The van der Waals surface area contributed by atoms with E-state index in [9.17, 15) is 9.35 Å². The Hall–Kier alpha value is -2.13. The van der Waals surface area contributed by atoms with Crippen LogP contribution in [0.15, 0.2) is 35.7 Å². The number of aryl methyl sites for hydroxylation is 1. The van der Waals surface area contributed by atoms with E-state index in [4.69, 9.17) is 0 Å². The van der Waals surface area contributed by atoms with Crippen molar-refractivity contribution in [2.24, 2.45) is 13.0 Å². The van der Waals surface area contributed by atoms with Gasteiger partial charge in [-0.2, -0.15) is 15.3 Å². The Balaban J connectivity index is 1.59. The highest BCUT2D eigenvalue weighted by Gasteiger charge is 2.44. The molecule has 9 heteroatoms. The average Bonchev–Trinajstić information content (AvgIpc) is 3.07. The minimum atomic E-state index is -1.16. The largest absolute Gasteiger partial charge is 0.610 e. The Kier molecular flexibility index (Phi) is 5.47. The lowest BCUT2D eigenvalue weighted by molar-refractivity contribution is 0.171. The van der Waals surface area contributed by atoms with Gasteiger partial charge in [-0.3, -0.25) is 0 Å². The minimum absolute atomic E-state index is 0.137. The summed E-state index contributed by atoms with van der Waals surface area (Å²) in [5, 5.41) is 15.1. The summed E-state index contributed by atoms with van der Waals surface area (Å²) in [5.74, 6) is 0.268. The second-order valence-corrected chi connectivity index (χ2v) is 9.00. The van der Waals surface area contributed by atoms with E-state index >= 15 is 0 Å². The molecule has 1 fully saturated rings. The predicted molar refractivity (Wildman–Crippen MR) is 99.0 cm³/mol. The summed E-state index contributed by atoms with van der Waals surface area (Å²) in [6, 6.07) is 3.38. The molecular weight excluding hydrogens is 352 g/mol. The molecule has 3 rings (SSSR count). The molecule has 8 nitrogen and oxygen atoms in total. The monoisotopic (exact) mass is 376 g/mol. The van der Waals surface area contributed by atoms with Crippen molar-refractivity contribution < 1.29 is 9.35 Å². The summed E-state index contributed by atoms with van der Waals surface area (Å²) in [5.41, 5.74) is 0.629. The van der Waals surface area contributed by atoms with Gasteiger partial charge in [-0.25, -0.2) is 9.48 Å². The highest BCUT2D eigenvalue weighted by molar-refractivity contribution is 7.92. The molecule has 1 N–H and O–H groups in total. The fourth-order valence-corrected chi connectivity index (χ4v) is 4.86. The van der Waals surface area contributed by atoms with Crippen LogP contribution in [0.4, 0.5) is 10.5 Å². The van der Waals surface area contributed by atoms with Crippen LogP contribution in [-0.2, 0) is 18.2 Å². The molecule has 1 unspecified atom stereocenters. The zero-order chi connectivity index (χ0) is 18.7. The van der Waals surface area contributed by atoms with Crippen molar-refractivity contribution in [1.82, 2.24) is 24.9 Å². The minimum Gasteiger partial charge on any atom is -0.610 e. The van der Waals surface area contributed by atoms with Gasteiger partial charge in [0.1, 0.15) is 4.75 Å². The van der Waals surface area contributed by atoms with Crippen molar-refractivity contribution in [3.63, 3.8) is 0 Å². The van der Waals surface area contributed by atoms with Crippen molar-refractivity contribution >= 4 is 22.9 Å². The van der Waals surface area contributed by atoms with Crippen LogP contribution in [-0.4, -0.2) is 53.3 Å². The van der Waals surface area contributed by atoms with Gasteiger partial charge in [0.15, 0.2) is 0 Å². The number of amides is 2. The maximum absolute atomic E-state index is 13.0. The average molecular weight is 376 g/mol. The predicted octanol–water partition coefficient (Wildman–Crippen LogP) is 2.04. The molecule has 0 radical (unpaired) electrons. The van der Waals surface area contributed by atoms with Gasteiger partial charge in [-0.05, 0) is 32.8 Å². The number of likely N-dealkylation sites (tertiary alicyclic amines) is 1. The van der Waals surface area contributed by atoms with E-state index < -0.39 is 11.2 Å². The van der Waals surface area contributed by atoms with Crippen molar-refractivity contribution in [3.8, 4) is 0 Å². The molecule has 1 saturated heterocycles. The van der Waals surface area contributed by atoms with Crippen LogP contribution in [0.1, 0.15) is 26.7 Å². The smallest absolute Gasteiger partial charge is 0.321 e. The van der Waals surface area contributed by atoms with Gasteiger partial charge in [0, 0.05) is 43.3 Å². The lowest BCUT2D eigenvalue weighted by atomic mass is 9.86. The Labute approximate surface area is 156 Å². The fourth-order valence-electron chi connectivity index (χ4n) is 3.31. The third-order valence-electron chi connectivity index (χ3n) is 5.04. The molecule has 0 saturated carbocycles. The molecule has 1 aliphatic rings. The van der Waals surface area contributed by atoms with Gasteiger partial charge in [-0.15, -0.1) is 0 Å². The molecule has 140 valence electrons. The normalized spacial score (nSPS) is 17.2. The molecule has 0 bridgehead atoms. The van der Waals surface area contributed by atoms with Crippen molar-refractivity contribution in [3.05, 3.63) is 30.7 Å². The quantitative estimate of drug-likeness (QED) is 0.823. The molecule has 0 aromatic carbocycles. The zero-order valence-corrected chi connectivity index (χ0v) is 16.1. The van der Waals surface area contributed by atoms with Crippen molar-refractivity contribution in [2.75, 3.05) is 18.4 Å². The Morgan fingerprint density at radius 2 is 2.00 bits per heavy atom. The highest BCUT2D eigenvalue weighted by Crippen LogP contribution is 2.37.